The summed E-state index contributed by atoms with van der Waals surface area (Å²) in [6, 6.07) is 17.2. The molecule has 0 aliphatic heterocycles. The molecule has 0 bridgehead atoms. The molecule has 3 rings (SSSR count). The smallest absolute Gasteiger partial charge is 0.256 e. The summed E-state index contributed by atoms with van der Waals surface area (Å²) in [5, 5.41) is 3.80. The number of fused-ring (bicyclic) bond motifs is 1. The number of carbonyl (C=O) groups excluding carboxylic acids is 1. The van der Waals surface area contributed by atoms with Gasteiger partial charge in [-0.3, -0.25) is 9.78 Å². The molecule has 1 amide bonds. The van der Waals surface area contributed by atoms with Crippen LogP contribution in [-0.4, -0.2) is 10.9 Å². The van der Waals surface area contributed by atoms with Crippen LogP contribution in [-0.2, 0) is 0 Å². The average molecular weight is 388 g/mol. The molecule has 4 heteroatoms. The molecule has 1 aromatic heterocycles. The van der Waals surface area contributed by atoms with Gasteiger partial charge in [-0.15, -0.1) is 0 Å². The summed E-state index contributed by atoms with van der Waals surface area (Å²) in [4.78, 5) is 17.0. The number of nitrogens with one attached hydrogen (secondary N) is 1. The zero-order valence-corrected chi connectivity index (χ0v) is 13.6. The lowest BCUT2D eigenvalue weighted by Gasteiger charge is -2.09. The fourth-order valence-corrected chi connectivity index (χ4v) is 2.59. The SMILES string of the molecule is Cc1cc(C(=O)Nc2ccc(I)cc2)c2ccccc2n1. The van der Waals surface area contributed by atoms with Crippen molar-refractivity contribution in [2.45, 2.75) is 6.92 Å². The van der Waals surface area contributed by atoms with E-state index in [1.54, 1.807) is 0 Å². The monoisotopic (exact) mass is 388 g/mol. The minimum Gasteiger partial charge on any atom is -0.322 e. The van der Waals surface area contributed by atoms with Crippen LogP contribution in [0.4, 0.5) is 5.69 Å². The number of anilines is 1. The second kappa shape index (κ2) is 5.81. The molecule has 0 unspecified atom stereocenters. The van der Waals surface area contributed by atoms with Crippen LogP contribution >= 0.6 is 22.6 Å². The summed E-state index contributed by atoms with van der Waals surface area (Å²) in [6.07, 6.45) is 0. The van der Waals surface area contributed by atoms with Crippen molar-refractivity contribution in [1.82, 2.24) is 4.98 Å². The van der Waals surface area contributed by atoms with Crippen molar-refractivity contribution in [2.75, 3.05) is 5.32 Å². The maximum atomic E-state index is 12.5. The summed E-state index contributed by atoms with van der Waals surface area (Å²) in [7, 11) is 0. The Labute approximate surface area is 136 Å². The van der Waals surface area contributed by atoms with Crippen molar-refractivity contribution < 1.29 is 4.79 Å². The number of nitrogens with zero attached hydrogens (tertiary/aromatic N) is 1. The Hall–Kier alpha value is -1.95. The van der Waals surface area contributed by atoms with Crippen LogP contribution in [0.5, 0.6) is 0 Å². The number of para-hydroxylation sites is 1. The predicted molar refractivity (Wildman–Crippen MR) is 93.6 cm³/mol. The topological polar surface area (TPSA) is 42.0 Å². The molecule has 0 atom stereocenters. The standard InChI is InChI=1S/C17H13IN2O/c1-11-10-15(14-4-2-3-5-16(14)19-11)17(21)20-13-8-6-12(18)7-9-13/h2-10H,1H3,(H,20,21). The highest BCUT2D eigenvalue weighted by Crippen LogP contribution is 2.20. The zero-order chi connectivity index (χ0) is 14.8. The van der Waals surface area contributed by atoms with Crippen molar-refractivity contribution in [3.8, 4) is 0 Å². The van der Waals surface area contributed by atoms with Crippen LogP contribution in [0.25, 0.3) is 10.9 Å². The van der Waals surface area contributed by atoms with Crippen LogP contribution in [0.3, 0.4) is 0 Å². The predicted octanol–water partition coefficient (Wildman–Crippen LogP) is 4.40. The number of amides is 1. The Morgan fingerprint density at radius 2 is 1.81 bits per heavy atom. The molecule has 0 aliphatic carbocycles. The molecule has 0 aliphatic rings. The first kappa shape index (κ1) is 14.0. The van der Waals surface area contributed by atoms with Gasteiger partial charge in [0, 0.05) is 20.3 Å². The largest absolute Gasteiger partial charge is 0.322 e. The van der Waals surface area contributed by atoms with Crippen molar-refractivity contribution in [2.24, 2.45) is 0 Å². The third-order valence-corrected chi connectivity index (χ3v) is 3.91. The van der Waals surface area contributed by atoms with E-state index in [0.29, 0.717) is 5.56 Å². The van der Waals surface area contributed by atoms with Crippen LogP contribution in [0.15, 0.2) is 54.6 Å². The van der Waals surface area contributed by atoms with Gasteiger partial charge in [0.1, 0.15) is 0 Å². The first-order chi connectivity index (χ1) is 10.1. The van der Waals surface area contributed by atoms with Gasteiger partial charge in [0.05, 0.1) is 11.1 Å². The van der Waals surface area contributed by atoms with Gasteiger partial charge in [-0.25, -0.2) is 0 Å². The van der Waals surface area contributed by atoms with Gasteiger partial charge in [-0.2, -0.15) is 0 Å². The molecule has 1 N–H and O–H groups in total. The summed E-state index contributed by atoms with van der Waals surface area (Å²) in [5.74, 6) is -0.113. The van der Waals surface area contributed by atoms with E-state index in [0.717, 1.165) is 25.9 Å². The van der Waals surface area contributed by atoms with E-state index in [2.05, 4.69) is 32.9 Å². The minimum absolute atomic E-state index is 0.113. The van der Waals surface area contributed by atoms with Crippen molar-refractivity contribution in [3.63, 3.8) is 0 Å². The number of hydrogen-bond donors (Lipinski definition) is 1. The molecule has 0 radical (unpaired) electrons. The Bertz CT molecular complexity index is 813. The first-order valence-corrected chi connectivity index (χ1v) is 7.65. The average Bonchev–Trinajstić information content (AvgIpc) is 2.48. The van der Waals surface area contributed by atoms with Crippen molar-refractivity contribution >= 4 is 45.1 Å². The highest BCUT2D eigenvalue weighted by atomic mass is 127. The van der Waals surface area contributed by atoms with Crippen LogP contribution in [0, 0.1) is 10.5 Å². The maximum absolute atomic E-state index is 12.5. The Morgan fingerprint density at radius 1 is 1.10 bits per heavy atom. The normalized spacial score (nSPS) is 10.6. The fraction of sp³-hybridized carbons (Fsp3) is 0.0588. The van der Waals surface area contributed by atoms with Crippen LogP contribution < -0.4 is 5.32 Å². The fourth-order valence-electron chi connectivity index (χ4n) is 2.23. The van der Waals surface area contributed by atoms with Gasteiger partial charge in [-0.1, -0.05) is 18.2 Å². The lowest BCUT2D eigenvalue weighted by molar-refractivity contribution is 0.102. The van der Waals surface area contributed by atoms with E-state index in [-0.39, 0.29) is 5.91 Å². The Kier molecular flexibility index (Phi) is 3.88. The number of pyridine rings is 1. The molecule has 21 heavy (non-hydrogen) atoms. The van der Waals surface area contributed by atoms with E-state index in [1.165, 1.54) is 0 Å². The van der Waals surface area contributed by atoms with E-state index in [1.807, 2.05) is 61.5 Å². The molecule has 0 spiro atoms. The Morgan fingerprint density at radius 3 is 2.57 bits per heavy atom. The minimum atomic E-state index is -0.113. The van der Waals surface area contributed by atoms with Gasteiger partial charge in [0.15, 0.2) is 0 Å². The molecular formula is C17H13IN2O. The highest BCUT2D eigenvalue weighted by molar-refractivity contribution is 14.1. The van der Waals surface area contributed by atoms with E-state index in [9.17, 15) is 4.79 Å². The number of carbonyl (C=O) groups is 1. The lowest BCUT2D eigenvalue weighted by Crippen LogP contribution is -2.13. The molecule has 104 valence electrons. The number of hydrogen-bond acceptors (Lipinski definition) is 2. The number of aryl methyl sites for hydroxylation is 1. The van der Waals surface area contributed by atoms with E-state index >= 15 is 0 Å². The second-order valence-corrected chi connectivity index (χ2v) is 6.03. The molecule has 3 nitrogen and oxygen atoms in total. The van der Waals surface area contributed by atoms with Crippen LogP contribution in [0.2, 0.25) is 0 Å². The van der Waals surface area contributed by atoms with Gasteiger partial charge in [0.2, 0.25) is 0 Å². The van der Waals surface area contributed by atoms with E-state index < -0.39 is 0 Å². The number of rotatable bonds is 2. The molecule has 0 saturated carbocycles. The van der Waals surface area contributed by atoms with Gasteiger partial charge in [-0.05, 0) is 65.9 Å². The molecule has 1 heterocycles. The summed E-state index contributed by atoms with van der Waals surface area (Å²) in [5.41, 5.74) is 3.11. The third kappa shape index (κ3) is 3.05. The molecular weight excluding hydrogens is 375 g/mol. The number of halogens is 1. The van der Waals surface area contributed by atoms with Gasteiger partial charge in [0.25, 0.3) is 5.91 Å². The molecule has 2 aromatic carbocycles. The Balaban J connectivity index is 1.99. The third-order valence-electron chi connectivity index (χ3n) is 3.19. The highest BCUT2D eigenvalue weighted by Gasteiger charge is 2.11. The summed E-state index contributed by atoms with van der Waals surface area (Å²) in [6.45, 7) is 1.90. The maximum Gasteiger partial charge on any atom is 0.256 e. The quantitative estimate of drug-likeness (QED) is 0.662. The van der Waals surface area contributed by atoms with Gasteiger partial charge < -0.3 is 5.32 Å². The van der Waals surface area contributed by atoms with Crippen molar-refractivity contribution in [3.05, 3.63) is 69.4 Å². The summed E-state index contributed by atoms with van der Waals surface area (Å²) < 4.78 is 1.14. The number of benzene rings is 2. The number of aromatic nitrogens is 1. The molecule has 0 saturated heterocycles. The van der Waals surface area contributed by atoms with E-state index in [4.69, 9.17) is 0 Å². The second-order valence-electron chi connectivity index (χ2n) is 4.79. The zero-order valence-electron chi connectivity index (χ0n) is 11.4. The summed E-state index contributed by atoms with van der Waals surface area (Å²) >= 11 is 2.24. The van der Waals surface area contributed by atoms with Crippen LogP contribution in [0.1, 0.15) is 16.1 Å². The molecule has 0 fully saturated rings. The first-order valence-electron chi connectivity index (χ1n) is 6.57. The van der Waals surface area contributed by atoms with Crippen molar-refractivity contribution in [1.29, 1.82) is 0 Å². The lowest BCUT2D eigenvalue weighted by atomic mass is 10.1. The van der Waals surface area contributed by atoms with Gasteiger partial charge >= 0.3 is 0 Å². The molecule has 3 aromatic rings.